The predicted molar refractivity (Wildman–Crippen MR) is 232 cm³/mol. The number of benzene rings is 3. The average Bonchev–Trinajstić information content (AvgIpc) is 3.87. The highest BCUT2D eigenvalue weighted by molar-refractivity contribution is 7.15. The summed E-state index contributed by atoms with van der Waals surface area (Å²) in [5, 5.41) is 45.5. The number of fused-ring (bicyclic) bond motifs is 3. The zero-order chi connectivity index (χ0) is 45.5. The van der Waals surface area contributed by atoms with Crippen molar-refractivity contribution in [1.29, 1.82) is 0 Å². The molecule has 1 amide bonds. The number of carboxylic acids is 1. The number of phenolic OH excluding ortho intramolecular Hbond substituents is 2. The molecule has 5 heterocycles. The number of carbonyl (C=O) groups excluding carboxylic acids is 1. The van der Waals surface area contributed by atoms with Crippen molar-refractivity contribution in [2.24, 2.45) is 10.9 Å². The molecule has 1 atom stereocenters. The molecule has 0 unspecified atom stereocenters. The molecule has 1 saturated heterocycles. The topological polar surface area (TPSA) is 192 Å². The van der Waals surface area contributed by atoms with Crippen molar-refractivity contribution in [3.63, 3.8) is 0 Å². The number of thiophene rings is 1. The Kier molecular flexibility index (Phi) is 12.7. The standard InChI is InChI=1S/C42H43ClN8O4S.C2HF3O2/c1-22(2)31-19-32(35(53)21-34(31)52)39-46-48-42(55)51(39)30-12-6-26(7-13-30)18-27-14-16-49(17-15-27)36(54)20-33-40-47-45-25(5)50(40)41-37(23(3)24(4)56-41)38(44-33)28-8-10-29(43)11-9-28;3-2(4,5)1(6)7/h6-13,19,21-22,27,33,52-53H,14-18,20H2,1-5H3,(H,48,55);(H,6,7)/t33-;/m0./s1. The van der Waals surface area contributed by atoms with Crippen LogP contribution in [0, 0.1) is 26.7 Å². The number of nitrogens with one attached hydrogen (secondary N) is 1. The van der Waals surface area contributed by atoms with Crippen LogP contribution in [-0.4, -0.2) is 86.6 Å². The average molecular weight is 905 g/mol. The number of phenols is 2. The number of aromatic amines is 1. The molecule has 2 aliphatic heterocycles. The first kappa shape index (κ1) is 44.8. The number of H-pyrrole nitrogens is 1. The van der Waals surface area contributed by atoms with Crippen LogP contribution in [0.4, 0.5) is 13.2 Å². The predicted octanol–water partition coefficient (Wildman–Crippen LogP) is 8.38. The van der Waals surface area contributed by atoms with Crippen molar-refractivity contribution in [2.75, 3.05) is 13.1 Å². The maximum Gasteiger partial charge on any atom is 0.490 e. The number of carboxylic acid groups (broad SMARTS) is 1. The number of aromatic hydroxyl groups is 2. The summed E-state index contributed by atoms with van der Waals surface area (Å²) in [5.74, 6) is -0.812. The second-order valence-corrected chi connectivity index (χ2v) is 17.5. The van der Waals surface area contributed by atoms with Gasteiger partial charge in [-0.3, -0.25) is 14.4 Å². The van der Waals surface area contributed by atoms with Gasteiger partial charge < -0.3 is 20.2 Å². The summed E-state index contributed by atoms with van der Waals surface area (Å²) in [6.45, 7) is 11.4. The minimum absolute atomic E-state index is 0.00126. The maximum absolute atomic E-state index is 14.0. The van der Waals surface area contributed by atoms with E-state index in [0.29, 0.717) is 46.7 Å². The number of halogens is 4. The first-order valence-electron chi connectivity index (χ1n) is 20.1. The molecule has 0 aliphatic carbocycles. The second-order valence-electron chi connectivity index (χ2n) is 15.9. The van der Waals surface area contributed by atoms with Crippen LogP contribution in [0.2, 0.25) is 5.02 Å². The Morgan fingerprint density at radius 2 is 1.60 bits per heavy atom. The summed E-state index contributed by atoms with van der Waals surface area (Å²) in [6.07, 6.45) is -2.32. The van der Waals surface area contributed by atoms with Crippen LogP contribution in [0.15, 0.2) is 70.5 Å². The van der Waals surface area contributed by atoms with Gasteiger partial charge in [0, 0.05) is 40.2 Å². The molecule has 2 aliphatic rings. The van der Waals surface area contributed by atoms with Gasteiger partial charge in [0.05, 0.1) is 23.4 Å². The van der Waals surface area contributed by atoms with Crippen LogP contribution in [-0.2, 0) is 16.0 Å². The highest BCUT2D eigenvalue weighted by Gasteiger charge is 2.38. The van der Waals surface area contributed by atoms with E-state index in [1.54, 1.807) is 17.4 Å². The van der Waals surface area contributed by atoms with E-state index in [-0.39, 0.29) is 35.6 Å². The summed E-state index contributed by atoms with van der Waals surface area (Å²) in [4.78, 5) is 44.2. The van der Waals surface area contributed by atoms with E-state index in [9.17, 15) is 33.0 Å². The molecule has 0 bridgehead atoms. The molecule has 0 radical (unpaired) electrons. The lowest BCUT2D eigenvalue weighted by molar-refractivity contribution is -0.192. The Hall–Kier alpha value is -6.27. The number of aliphatic carboxylic acids is 1. The summed E-state index contributed by atoms with van der Waals surface area (Å²) < 4.78 is 35.2. The van der Waals surface area contributed by atoms with E-state index in [1.165, 1.54) is 15.5 Å². The molecule has 0 saturated carbocycles. The number of carbonyl (C=O) groups is 2. The van der Waals surface area contributed by atoms with Crippen LogP contribution in [0.5, 0.6) is 11.5 Å². The summed E-state index contributed by atoms with van der Waals surface area (Å²) in [7, 11) is 0. The fourth-order valence-corrected chi connectivity index (χ4v) is 9.22. The smallest absolute Gasteiger partial charge is 0.490 e. The Bertz CT molecular complexity index is 2770. The second kappa shape index (κ2) is 17.8. The van der Waals surface area contributed by atoms with Gasteiger partial charge in [-0.25, -0.2) is 19.3 Å². The van der Waals surface area contributed by atoms with Gasteiger partial charge in [-0.2, -0.15) is 18.3 Å². The summed E-state index contributed by atoms with van der Waals surface area (Å²) in [5.41, 5.74) is 6.25. The first-order valence-corrected chi connectivity index (χ1v) is 21.3. The molecule has 0 spiro atoms. The number of aromatic nitrogens is 6. The van der Waals surface area contributed by atoms with Crippen molar-refractivity contribution >= 4 is 40.5 Å². The van der Waals surface area contributed by atoms with Crippen molar-refractivity contribution < 1.29 is 38.1 Å². The molecule has 6 aromatic rings. The third-order valence-electron chi connectivity index (χ3n) is 11.3. The molecule has 4 N–H and O–H groups in total. The van der Waals surface area contributed by atoms with Crippen LogP contribution in [0.3, 0.4) is 0 Å². The fourth-order valence-electron chi connectivity index (χ4n) is 7.88. The number of likely N-dealkylation sites (tertiary alicyclic amines) is 1. The Morgan fingerprint density at radius 1 is 0.952 bits per heavy atom. The van der Waals surface area contributed by atoms with Crippen LogP contribution >= 0.6 is 22.9 Å². The molecular formula is C44H44ClF3N8O6S. The number of piperidine rings is 1. The fraction of sp³-hybridized carbons (Fsp3) is 0.341. The molecule has 330 valence electrons. The quantitative estimate of drug-likeness (QED) is 0.116. The molecule has 1 fully saturated rings. The monoisotopic (exact) mass is 904 g/mol. The van der Waals surface area contributed by atoms with E-state index >= 15 is 0 Å². The summed E-state index contributed by atoms with van der Waals surface area (Å²) in [6, 6.07) is 17.9. The third kappa shape index (κ3) is 9.27. The number of alkyl halides is 3. The lowest BCUT2D eigenvalue weighted by Gasteiger charge is -2.32. The molecule has 14 nitrogen and oxygen atoms in total. The zero-order valence-electron chi connectivity index (χ0n) is 34.9. The van der Waals surface area contributed by atoms with Gasteiger partial charge >= 0.3 is 17.8 Å². The van der Waals surface area contributed by atoms with Crippen LogP contribution in [0.1, 0.15) is 89.4 Å². The largest absolute Gasteiger partial charge is 0.508 e. The number of rotatable bonds is 8. The van der Waals surface area contributed by atoms with Gasteiger partial charge in [-0.1, -0.05) is 49.7 Å². The lowest BCUT2D eigenvalue weighted by Crippen LogP contribution is -2.39. The minimum atomic E-state index is -5.08. The number of amides is 1. The molecular weight excluding hydrogens is 861 g/mol. The molecule has 3 aromatic heterocycles. The highest BCUT2D eigenvalue weighted by Crippen LogP contribution is 2.41. The van der Waals surface area contributed by atoms with Crippen LogP contribution < -0.4 is 5.69 Å². The lowest BCUT2D eigenvalue weighted by atomic mass is 9.90. The van der Waals surface area contributed by atoms with Gasteiger partial charge in [0.2, 0.25) is 5.91 Å². The van der Waals surface area contributed by atoms with Crippen molar-refractivity contribution in [3.05, 3.63) is 121 Å². The minimum Gasteiger partial charge on any atom is -0.508 e. The first-order chi connectivity index (χ1) is 29.8. The number of aliphatic imine (C=N–C) groups is 1. The maximum atomic E-state index is 14.0. The SMILES string of the molecule is Cc1sc2c(c1C)C(c1ccc(Cl)cc1)=N[C@@H](CC(=O)N1CCC(Cc3ccc(-n4c(-c5cc(C(C)C)c(O)cc5O)n[nH]c4=O)cc3)CC1)c1nnc(C)n1-2.O=C(O)C(F)(F)F. The van der Waals surface area contributed by atoms with E-state index in [0.717, 1.165) is 58.1 Å². The van der Waals surface area contributed by atoms with Gasteiger partial charge in [-0.05, 0) is 98.9 Å². The molecule has 3 aromatic carbocycles. The van der Waals surface area contributed by atoms with Gasteiger partial charge in [0.15, 0.2) is 11.6 Å². The third-order valence-corrected chi connectivity index (χ3v) is 12.8. The van der Waals surface area contributed by atoms with Gasteiger partial charge in [-0.15, -0.1) is 21.5 Å². The van der Waals surface area contributed by atoms with Crippen LogP contribution in [0.25, 0.3) is 22.1 Å². The Labute approximate surface area is 368 Å². The molecule has 63 heavy (non-hydrogen) atoms. The van der Waals surface area contributed by atoms with Crippen molar-refractivity contribution in [3.8, 4) is 33.6 Å². The van der Waals surface area contributed by atoms with Crippen molar-refractivity contribution in [1.82, 2.24) is 34.4 Å². The molecule has 19 heteroatoms. The normalized spacial score (nSPS) is 15.3. The number of aryl methyl sites for hydroxylation is 2. The zero-order valence-corrected chi connectivity index (χ0v) is 36.4. The Morgan fingerprint density at radius 3 is 2.22 bits per heavy atom. The highest BCUT2D eigenvalue weighted by atomic mass is 35.5. The van der Waals surface area contributed by atoms with Gasteiger partial charge in [0.1, 0.15) is 28.4 Å². The molecule has 8 rings (SSSR count). The number of hydrogen-bond acceptors (Lipinski definition) is 10. The van der Waals surface area contributed by atoms with Gasteiger partial charge in [0.25, 0.3) is 0 Å². The van der Waals surface area contributed by atoms with Crippen molar-refractivity contribution in [2.45, 2.75) is 78.4 Å². The van der Waals surface area contributed by atoms with E-state index in [4.69, 9.17) is 26.5 Å². The van der Waals surface area contributed by atoms with E-state index in [2.05, 4.69) is 38.8 Å². The Balaban J connectivity index is 0.000000785. The summed E-state index contributed by atoms with van der Waals surface area (Å²) >= 11 is 7.96. The number of hydrogen-bond donors (Lipinski definition) is 4. The number of nitrogens with zero attached hydrogens (tertiary/aromatic N) is 7. The van der Waals surface area contributed by atoms with E-state index in [1.807, 2.05) is 74.2 Å². The van der Waals surface area contributed by atoms with E-state index < -0.39 is 23.9 Å².